The number of carbonyl (C=O) groups excluding carboxylic acids is 1. The van der Waals surface area contributed by atoms with Gasteiger partial charge in [0, 0.05) is 37.6 Å². The molecule has 26 heavy (non-hydrogen) atoms. The number of benzene rings is 1. The average Bonchev–Trinajstić information content (AvgIpc) is 3.46. The lowest BCUT2D eigenvalue weighted by Gasteiger charge is -2.20. The Balaban J connectivity index is 1.87. The zero-order valence-corrected chi connectivity index (χ0v) is 15.9. The highest BCUT2D eigenvalue weighted by Gasteiger charge is 2.27. The van der Waals surface area contributed by atoms with Crippen molar-refractivity contribution in [3.63, 3.8) is 0 Å². The van der Waals surface area contributed by atoms with Crippen molar-refractivity contribution in [2.45, 2.75) is 57.9 Å². The predicted molar refractivity (Wildman–Crippen MR) is 104 cm³/mol. The van der Waals surface area contributed by atoms with Gasteiger partial charge in [0.2, 0.25) is 5.91 Å². The van der Waals surface area contributed by atoms with Crippen LogP contribution in [0.15, 0.2) is 30.3 Å². The predicted octanol–water partition coefficient (Wildman–Crippen LogP) is 3.90. The Morgan fingerprint density at radius 1 is 1.27 bits per heavy atom. The SMILES string of the molecule is CCCC(=O)N[C@@H](Cc1cc(NC)nc(C2CC2)n1)c1cccc(C)c1. The summed E-state index contributed by atoms with van der Waals surface area (Å²) in [5, 5.41) is 6.33. The first-order valence-corrected chi connectivity index (χ1v) is 9.50. The molecule has 0 unspecified atom stereocenters. The molecule has 0 radical (unpaired) electrons. The van der Waals surface area contributed by atoms with Crippen LogP contribution in [0.5, 0.6) is 0 Å². The van der Waals surface area contributed by atoms with Gasteiger partial charge in [-0.2, -0.15) is 0 Å². The highest BCUT2D eigenvalue weighted by atomic mass is 16.1. The lowest BCUT2D eigenvalue weighted by molar-refractivity contribution is -0.121. The Bertz CT molecular complexity index is 770. The van der Waals surface area contributed by atoms with Crippen molar-refractivity contribution in [3.05, 3.63) is 53.0 Å². The minimum atomic E-state index is -0.0828. The van der Waals surface area contributed by atoms with Crippen LogP contribution in [0.25, 0.3) is 0 Å². The molecule has 1 heterocycles. The van der Waals surface area contributed by atoms with Gasteiger partial charge in [-0.25, -0.2) is 9.97 Å². The van der Waals surface area contributed by atoms with Crippen LogP contribution < -0.4 is 10.6 Å². The maximum absolute atomic E-state index is 12.3. The summed E-state index contributed by atoms with van der Waals surface area (Å²) in [7, 11) is 1.88. The van der Waals surface area contributed by atoms with E-state index >= 15 is 0 Å². The minimum absolute atomic E-state index is 0.0828. The molecule has 0 spiro atoms. The van der Waals surface area contributed by atoms with E-state index in [1.807, 2.05) is 26.1 Å². The lowest BCUT2D eigenvalue weighted by atomic mass is 9.99. The monoisotopic (exact) mass is 352 g/mol. The summed E-state index contributed by atoms with van der Waals surface area (Å²) in [6, 6.07) is 10.2. The number of rotatable bonds is 8. The molecule has 1 aliphatic carbocycles. The third-order valence-electron chi connectivity index (χ3n) is 4.67. The number of nitrogens with one attached hydrogen (secondary N) is 2. The van der Waals surface area contributed by atoms with E-state index in [4.69, 9.17) is 4.98 Å². The van der Waals surface area contributed by atoms with E-state index in [-0.39, 0.29) is 11.9 Å². The van der Waals surface area contributed by atoms with Gasteiger partial charge >= 0.3 is 0 Å². The minimum Gasteiger partial charge on any atom is -0.373 e. The molecule has 1 aromatic carbocycles. The van der Waals surface area contributed by atoms with Gasteiger partial charge < -0.3 is 10.6 Å². The molecule has 0 bridgehead atoms. The summed E-state index contributed by atoms with van der Waals surface area (Å²) >= 11 is 0. The quantitative estimate of drug-likeness (QED) is 0.756. The molecule has 5 heteroatoms. The summed E-state index contributed by atoms with van der Waals surface area (Å²) in [5.41, 5.74) is 3.27. The third-order valence-corrected chi connectivity index (χ3v) is 4.67. The Morgan fingerprint density at radius 3 is 2.73 bits per heavy atom. The molecule has 1 aliphatic rings. The maximum Gasteiger partial charge on any atom is 0.220 e. The Kier molecular flexibility index (Phi) is 5.86. The Morgan fingerprint density at radius 2 is 2.08 bits per heavy atom. The largest absolute Gasteiger partial charge is 0.373 e. The van der Waals surface area contributed by atoms with E-state index in [1.54, 1.807) is 0 Å². The molecule has 2 aromatic rings. The molecule has 1 atom stereocenters. The number of hydrogen-bond donors (Lipinski definition) is 2. The van der Waals surface area contributed by atoms with E-state index in [0.29, 0.717) is 18.8 Å². The van der Waals surface area contributed by atoms with Gasteiger partial charge in [-0.15, -0.1) is 0 Å². The van der Waals surface area contributed by atoms with Crippen molar-refractivity contribution in [3.8, 4) is 0 Å². The highest BCUT2D eigenvalue weighted by molar-refractivity contribution is 5.76. The van der Waals surface area contributed by atoms with Crippen molar-refractivity contribution in [1.29, 1.82) is 0 Å². The van der Waals surface area contributed by atoms with E-state index in [2.05, 4.69) is 40.7 Å². The van der Waals surface area contributed by atoms with E-state index in [0.717, 1.165) is 29.3 Å². The smallest absolute Gasteiger partial charge is 0.220 e. The third kappa shape index (κ3) is 4.81. The molecule has 5 nitrogen and oxygen atoms in total. The number of nitrogens with zero attached hydrogens (tertiary/aromatic N) is 2. The van der Waals surface area contributed by atoms with Crippen molar-refractivity contribution in [2.24, 2.45) is 0 Å². The second kappa shape index (κ2) is 8.30. The molecule has 2 N–H and O–H groups in total. The number of anilines is 1. The van der Waals surface area contributed by atoms with E-state index < -0.39 is 0 Å². The van der Waals surface area contributed by atoms with Gasteiger partial charge in [-0.1, -0.05) is 36.8 Å². The average molecular weight is 352 g/mol. The van der Waals surface area contributed by atoms with Gasteiger partial charge in [0.05, 0.1) is 6.04 Å². The second-order valence-corrected chi connectivity index (χ2v) is 7.12. The zero-order valence-electron chi connectivity index (χ0n) is 15.9. The molecule has 0 saturated heterocycles. The van der Waals surface area contributed by atoms with E-state index in [9.17, 15) is 4.79 Å². The molecule has 1 amide bonds. The van der Waals surface area contributed by atoms with Crippen LogP contribution in [0.1, 0.15) is 67.2 Å². The second-order valence-electron chi connectivity index (χ2n) is 7.12. The first kappa shape index (κ1) is 18.4. The molecule has 138 valence electrons. The Labute approximate surface area is 155 Å². The summed E-state index contributed by atoms with van der Waals surface area (Å²) in [6.45, 7) is 4.09. The van der Waals surface area contributed by atoms with Crippen LogP contribution in [0.4, 0.5) is 5.82 Å². The molecule has 0 aliphatic heterocycles. The van der Waals surface area contributed by atoms with Crippen LogP contribution in [0, 0.1) is 6.92 Å². The first-order valence-electron chi connectivity index (χ1n) is 9.50. The molecular formula is C21H28N4O. The maximum atomic E-state index is 12.3. The normalized spacial score (nSPS) is 14.7. The summed E-state index contributed by atoms with van der Waals surface area (Å²) in [4.78, 5) is 21.6. The van der Waals surface area contributed by atoms with Gasteiger partial charge in [0.1, 0.15) is 11.6 Å². The molecule has 1 aromatic heterocycles. The van der Waals surface area contributed by atoms with Crippen LogP contribution in [0.3, 0.4) is 0 Å². The summed E-state index contributed by atoms with van der Waals surface area (Å²) in [6.07, 6.45) is 4.38. The lowest BCUT2D eigenvalue weighted by Crippen LogP contribution is -2.30. The highest BCUT2D eigenvalue weighted by Crippen LogP contribution is 2.38. The number of carbonyl (C=O) groups is 1. The fourth-order valence-electron chi connectivity index (χ4n) is 3.12. The van der Waals surface area contributed by atoms with Crippen LogP contribution in [0.2, 0.25) is 0 Å². The van der Waals surface area contributed by atoms with Gasteiger partial charge in [-0.3, -0.25) is 4.79 Å². The van der Waals surface area contributed by atoms with Crippen LogP contribution in [-0.2, 0) is 11.2 Å². The zero-order chi connectivity index (χ0) is 18.5. The van der Waals surface area contributed by atoms with Gasteiger partial charge in [0.15, 0.2) is 0 Å². The number of amides is 1. The van der Waals surface area contributed by atoms with Crippen molar-refractivity contribution in [1.82, 2.24) is 15.3 Å². The number of hydrogen-bond acceptors (Lipinski definition) is 4. The fourth-order valence-corrected chi connectivity index (χ4v) is 3.12. The Hall–Kier alpha value is -2.43. The molecule has 1 fully saturated rings. The van der Waals surface area contributed by atoms with Gasteiger partial charge in [0.25, 0.3) is 0 Å². The molecule has 1 saturated carbocycles. The topological polar surface area (TPSA) is 66.9 Å². The van der Waals surface area contributed by atoms with Crippen molar-refractivity contribution < 1.29 is 4.79 Å². The van der Waals surface area contributed by atoms with E-state index in [1.165, 1.54) is 18.4 Å². The standard InChI is InChI=1S/C21H28N4O/c1-4-6-20(26)24-18(16-8-5-7-14(2)11-16)12-17-13-19(22-3)25-21(23-17)15-9-10-15/h5,7-8,11,13,15,18H,4,6,9-10,12H2,1-3H3,(H,24,26)(H,22,23,25)/t18-/m0/s1. The number of aromatic nitrogens is 2. The molecular weight excluding hydrogens is 324 g/mol. The summed E-state index contributed by atoms with van der Waals surface area (Å²) in [5.74, 6) is 2.35. The summed E-state index contributed by atoms with van der Waals surface area (Å²) < 4.78 is 0. The first-order chi connectivity index (χ1) is 12.6. The van der Waals surface area contributed by atoms with Gasteiger partial charge in [-0.05, 0) is 31.7 Å². The number of aryl methyl sites for hydroxylation is 1. The molecule has 3 rings (SSSR count). The van der Waals surface area contributed by atoms with Crippen LogP contribution in [-0.4, -0.2) is 22.9 Å². The van der Waals surface area contributed by atoms with Crippen LogP contribution >= 0.6 is 0 Å². The van der Waals surface area contributed by atoms with Crippen molar-refractivity contribution in [2.75, 3.05) is 12.4 Å². The van der Waals surface area contributed by atoms with Crippen molar-refractivity contribution >= 4 is 11.7 Å². The fraction of sp³-hybridized carbons (Fsp3) is 0.476.